The van der Waals surface area contributed by atoms with Crippen molar-refractivity contribution >= 4 is 15.9 Å². The number of halogens is 2. The summed E-state index contributed by atoms with van der Waals surface area (Å²) in [5.74, 6) is -0.359. The molecule has 7 nitrogen and oxygen atoms in total. The fourth-order valence-corrected chi connectivity index (χ4v) is 5.17. The Labute approximate surface area is 193 Å². The molecule has 0 atom stereocenters. The van der Waals surface area contributed by atoms with Gasteiger partial charge in [0.15, 0.2) is 11.5 Å². The molecular weight excluding hydrogens is 454 g/mol. The van der Waals surface area contributed by atoms with E-state index in [9.17, 15) is 22.0 Å². The van der Waals surface area contributed by atoms with Crippen LogP contribution in [0.15, 0.2) is 23.1 Å². The molecule has 2 rings (SSSR count). The molecule has 0 heterocycles. The van der Waals surface area contributed by atoms with Crippen LogP contribution < -0.4 is 19.5 Å². The molecule has 0 spiro atoms. The molecule has 10 heteroatoms. The predicted octanol–water partition coefficient (Wildman–Crippen LogP) is 3.82. The van der Waals surface area contributed by atoms with Gasteiger partial charge in [-0.05, 0) is 80.1 Å². The first-order valence-corrected chi connectivity index (χ1v) is 11.8. The summed E-state index contributed by atoms with van der Waals surface area (Å²) < 4.78 is 62.6. The van der Waals surface area contributed by atoms with Gasteiger partial charge in [0.1, 0.15) is 0 Å². The Morgan fingerprint density at radius 1 is 0.970 bits per heavy atom. The summed E-state index contributed by atoms with van der Waals surface area (Å²) in [5.41, 5.74) is 4.92. The summed E-state index contributed by atoms with van der Waals surface area (Å²) in [6.07, 6.45) is -0.0646. The predicted molar refractivity (Wildman–Crippen MR) is 121 cm³/mol. The van der Waals surface area contributed by atoms with Gasteiger partial charge in [0, 0.05) is 19.5 Å². The van der Waals surface area contributed by atoms with E-state index in [1.165, 1.54) is 25.3 Å². The second-order valence-electron chi connectivity index (χ2n) is 7.74. The van der Waals surface area contributed by atoms with Crippen molar-refractivity contribution in [2.75, 3.05) is 13.7 Å². The molecule has 0 unspecified atom stereocenters. The number of carbonyl (C=O) groups is 1. The van der Waals surface area contributed by atoms with E-state index in [0.29, 0.717) is 16.7 Å². The normalized spacial score (nSPS) is 11.5. The summed E-state index contributed by atoms with van der Waals surface area (Å²) in [5, 5.41) is 2.67. The van der Waals surface area contributed by atoms with Crippen LogP contribution in [0.25, 0.3) is 0 Å². The Morgan fingerprint density at radius 3 is 2.09 bits per heavy atom. The van der Waals surface area contributed by atoms with Gasteiger partial charge in [-0.1, -0.05) is 6.07 Å². The lowest BCUT2D eigenvalue weighted by atomic mass is 9.95. The number of sulfonamides is 1. The lowest BCUT2D eigenvalue weighted by molar-refractivity contribution is -0.121. The van der Waals surface area contributed by atoms with Crippen LogP contribution in [0.3, 0.4) is 0 Å². The highest BCUT2D eigenvalue weighted by atomic mass is 32.2. The molecule has 0 radical (unpaired) electrons. The summed E-state index contributed by atoms with van der Waals surface area (Å²) in [6, 6.07) is 4.34. The summed E-state index contributed by atoms with van der Waals surface area (Å²) in [6.45, 7) is 6.39. The molecule has 2 aromatic rings. The second-order valence-corrected chi connectivity index (χ2v) is 9.45. The highest BCUT2D eigenvalue weighted by Gasteiger charge is 2.23. The molecule has 2 aromatic carbocycles. The van der Waals surface area contributed by atoms with Crippen LogP contribution in [0.2, 0.25) is 0 Å². The average Bonchev–Trinajstić information content (AvgIpc) is 2.75. The first kappa shape index (κ1) is 26.5. The Kier molecular flexibility index (Phi) is 8.79. The first-order valence-electron chi connectivity index (χ1n) is 10.3. The van der Waals surface area contributed by atoms with Crippen molar-refractivity contribution in [2.45, 2.75) is 59.1 Å². The molecule has 33 heavy (non-hydrogen) atoms. The molecule has 0 bridgehead atoms. The van der Waals surface area contributed by atoms with E-state index < -0.39 is 16.6 Å². The minimum Gasteiger partial charge on any atom is -0.493 e. The maximum Gasteiger partial charge on any atom is 0.387 e. The molecule has 1 amide bonds. The van der Waals surface area contributed by atoms with Crippen molar-refractivity contribution in [2.24, 2.45) is 0 Å². The third-order valence-electron chi connectivity index (χ3n) is 5.78. The van der Waals surface area contributed by atoms with Crippen LogP contribution in [0.1, 0.15) is 39.8 Å². The molecular formula is C23H30F2N2O5S. The van der Waals surface area contributed by atoms with Crippen LogP contribution in [-0.2, 0) is 21.4 Å². The van der Waals surface area contributed by atoms with Crippen LogP contribution in [0.5, 0.6) is 11.5 Å². The summed E-state index contributed by atoms with van der Waals surface area (Å²) >= 11 is 0. The minimum atomic E-state index is -3.79. The van der Waals surface area contributed by atoms with E-state index in [4.69, 9.17) is 4.74 Å². The van der Waals surface area contributed by atoms with E-state index >= 15 is 0 Å². The smallest absolute Gasteiger partial charge is 0.387 e. The third kappa shape index (κ3) is 6.42. The first-order chi connectivity index (χ1) is 15.4. The Balaban J connectivity index is 1.97. The lowest BCUT2D eigenvalue weighted by Gasteiger charge is -2.19. The van der Waals surface area contributed by atoms with E-state index in [1.54, 1.807) is 13.8 Å². The molecule has 182 valence electrons. The van der Waals surface area contributed by atoms with Crippen molar-refractivity contribution in [3.05, 3.63) is 51.6 Å². The van der Waals surface area contributed by atoms with Crippen LogP contribution in [0, 0.1) is 34.6 Å². The highest BCUT2D eigenvalue weighted by Crippen LogP contribution is 2.30. The van der Waals surface area contributed by atoms with Crippen molar-refractivity contribution in [3.8, 4) is 11.5 Å². The number of carbonyl (C=O) groups excluding carboxylic acids is 1. The fraction of sp³-hybridized carbons (Fsp3) is 0.435. The Bertz CT molecular complexity index is 1110. The molecule has 0 saturated heterocycles. The van der Waals surface area contributed by atoms with Gasteiger partial charge in [0.05, 0.1) is 12.0 Å². The molecule has 0 aromatic heterocycles. The standard InChI is InChI=1S/C23H30F2N2O5S/c1-13-14(2)16(4)22(17(5)15(13)3)33(29,30)27-10-9-21(28)26-12-18-7-8-19(32-23(24)25)20(11-18)31-6/h7-8,11,23,27H,9-10,12H2,1-6H3,(H,26,28). The third-order valence-corrected chi connectivity index (χ3v) is 7.51. The van der Waals surface area contributed by atoms with Gasteiger partial charge in [-0.3, -0.25) is 4.79 Å². The van der Waals surface area contributed by atoms with Gasteiger partial charge >= 0.3 is 6.61 Å². The monoisotopic (exact) mass is 484 g/mol. The van der Waals surface area contributed by atoms with Crippen molar-refractivity contribution < 1.29 is 31.5 Å². The zero-order chi connectivity index (χ0) is 24.9. The minimum absolute atomic E-state index is 0.0646. The zero-order valence-electron chi connectivity index (χ0n) is 19.6. The van der Waals surface area contributed by atoms with Crippen LogP contribution >= 0.6 is 0 Å². The molecule has 0 aliphatic rings. The summed E-state index contributed by atoms with van der Waals surface area (Å²) in [4.78, 5) is 12.4. The molecule has 0 fully saturated rings. The van der Waals surface area contributed by atoms with Crippen molar-refractivity contribution in [1.82, 2.24) is 10.0 Å². The van der Waals surface area contributed by atoms with Crippen LogP contribution in [0.4, 0.5) is 8.78 Å². The zero-order valence-corrected chi connectivity index (χ0v) is 20.5. The maximum absolute atomic E-state index is 12.9. The number of benzene rings is 2. The van der Waals surface area contributed by atoms with E-state index in [-0.39, 0.29) is 41.8 Å². The number of nitrogens with one attached hydrogen (secondary N) is 2. The number of ether oxygens (including phenoxy) is 2. The molecule has 0 aliphatic heterocycles. The van der Waals surface area contributed by atoms with E-state index in [1.807, 2.05) is 20.8 Å². The number of amides is 1. The topological polar surface area (TPSA) is 93.7 Å². The van der Waals surface area contributed by atoms with E-state index in [0.717, 1.165) is 16.7 Å². The number of hydrogen-bond acceptors (Lipinski definition) is 5. The number of hydrogen-bond donors (Lipinski definition) is 2. The number of methoxy groups -OCH3 is 1. The number of alkyl halides is 2. The van der Waals surface area contributed by atoms with Gasteiger partial charge in [0.2, 0.25) is 15.9 Å². The van der Waals surface area contributed by atoms with Gasteiger partial charge in [-0.15, -0.1) is 0 Å². The Hall–Kier alpha value is -2.72. The van der Waals surface area contributed by atoms with Crippen LogP contribution in [-0.4, -0.2) is 34.6 Å². The van der Waals surface area contributed by atoms with Crippen molar-refractivity contribution in [1.29, 1.82) is 0 Å². The maximum atomic E-state index is 12.9. The highest BCUT2D eigenvalue weighted by molar-refractivity contribution is 7.89. The van der Waals surface area contributed by atoms with Gasteiger partial charge in [-0.2, -0.15) is 8.78 Å². The van der Waals surface area contributed by atoms with E-state index in [2.05, 4.69) is 14.8 Å². The quantitative estimate of drug-likeness (QED) is 0.535. The SMILES string of the molecule is COc1cc(CNC(=O)CCNS(=O)(=O)c2c(C)c(C)c(C)c(C)c2C)ccc1OC(F)F. The molecule has 2 N–H and O–H groups in total. The fourth-order valence-electron chi connectivity index (χ4n) is 3.54. The van der Waals surface area contributed by atoms with Gasteiger partial charge < -0.3 is 14.8 Å². The lowest BCUT2D eigenvalue weighted by Crippen LogP contribution is -2.31. The number of rotatable bonds is 10. The largest absolute Gasteiger partial charge is 0.493 e. The second kappa shape index (κ2) is 10.9. The molecule has 0 saturated carbocycles. The molecule has 0 aliphatic carbocycles. The Morgan fingerprint density at radius 2 is 1.55 bits per heavy atom. The van der Waals surface area contributed by atoms with Crippen molar-refractivity contribution in [3.63, 3.8) is 0 Å². The van der Waals surface area contributed by atoms with Gasteiger partial charge in [-0.25, -0.2) is 13.1 Å². The average molecular weight is 485 g/mol. The summed E-state index contributed by atoms with van der Waals surface area (Å²) in [7, 11) is -2.47. The van der Waals surface area contributed by atoms with Gasteiger partial charge in [0.25, 0.3) is 0 Å².